The minimum atomic E-state index is -0.692. The van der Waals surface area contributed by atoms with E-state index in [9.17, 15) is 18.4 Å². The Morgan fingerprint density at radius 2 is 1.92 bits per heavy atom. The van der Waals surface area contributed by atoms with Gasteiger partial charge in [0.2, 0.25) is 5.91 Å². The molecule has 0 aromatic heterocycles. The number of carbonyl (C=O) groups excluding carboxylic acids is 2. The Kier molecular flexibility index (Phi) is 6.56. The number of hydrogen-bond donors (Lipinski definition) is 1. The van der Waals surface area contributed by atoms with Crippen molar-refractivity contribution in [3.05, 3.63) is 77.9 Å². The summed E-state index contributed by atoms with van der Waals surface area (Å²) in [5.74, 6) is -0.787. The van der Waals surface area contributed by atoms with Gasteiger partial charge in [-0.15, -0.1) is 0 Å². The zero-order valence-electron chi connectivity index (χ0n) is 19.7. The van der Waals surface area contributed by atoms with Gasteiger partial charge in [0, 0.05) is 31.3 Å². The normalized spacial score (nSPS) is 18.0. The molecule has 1 saturated heterocycles. The lowest BCUT2D eigenvalue weighted by Crippen LogP contribution is -2.57. The van der Waals surface area contributed by atoms with Gasteiger partial charge in [0.15, 0.2) is 0 Å². The van der Waals surface area contributed by atoms with Crippen LogP contribution in [-0.4, -0.2) is 67.6 Å². The third-order valence-electron chi connectivity index (χ3n) is 6.50. The second kappa shape index (κ2) is 9.94. The van der Waals surface area contributed by atoms with E-state index in [0.717, 1.165) is 6.07 Å². The second-order valence-corrected chi connectivity index (χ2v) is 8.77. The Morgan fingerprint density at radius 3 is 2.72 bits per heavy atom. The van der Waals surface area contributed by atoms with Crippen LogP contribution in [0.5, 0.6) is 11.5 Å². The van der Waals surface area contributed by atoms with Crippen molar-refractivity contribution < 1.29 is 27.8 Å². The molecule has 0 bridgehead atoms. The Labute approximate surface area is 207 Å². The first-order chi connectivity index (χ1) is 17.4. The SMILES string of the molecule is COc1ccccc1C(=O)N1CCN2CC(=O)Nc3cc(-c4ccc(F)cc4F)ccc3OC[C@H]2C1. The molecule has 0 radical (unpaired) electrons. The Bertz CT molecular complexity index is 1320. The monoisotopic (exact) mass is 493 g/mol. The molecule has 9 heteroatoms. The number of anilines is 1. The molecule has 7 nitrogen and oxygen atoms in total. The highest BCUT2D eigenvalue weighted by Crippen LogP contribution is 2.33. The maximum atomic E-state index is 14.3. The van der Waals surface area contributed by atoms with Crippen molar-refractivity contribution in [2.75, 3.05) is 45.2 Å². The maximum Gasteiger partial charge on any atom is 0.257 e. The Balaban J connectivity index is 1.37. The molecule has 2 aliphatic rings. The van der Waals surface area contributed by atoms with Crippen LogP contribution in [0.4, 0.5) is 14.5 Å². The minimum Gasteiger partial charge on any atom is -0.496 e. The first-order valence-electron chi connectivity index (χ1n) is 11.6. The van der Waals surface area contributed by atoms with Gasteiger partial charge in [-0.1, -0.05) is 18.2 Å². The number of para-hydroxylation sites is 1. The number of ether oxygens (including phenoxy) is 2. The highest BCUT2D eigenvalue weighted by Gasteiger charge is 2.33. The molecule has 3 aromatic rings. The third kappa shape index (κ3) is 4.74. The minimum absolute atomic E-state index is 0.124. The number of piperazine rings is 1. The van der Waals surface area contributed by atoms with Crippen LogP contribution in [0.1, 0.15) is 10.4 Å². The van der Waals surface area contributed by atoms with Gasteiger partial charge in [0.1, 0.15) is 29.7 Å². The van der Waals surface area contributed by atoms with Crippen molar-refractivity contribution in [2.24, 2.45) is 0 Å². The molecule has 0 unspecified atom stereocenters. The topological polar surface area (TPSA) is 71.1 Å². The molecule has 1 N–H and O–H groups in total. The van der Waals surface area contributed by atoms with Crippen LogP contribution in [0, 0.1) is 11.6 Å². The number of nitrogens with zero attached hydrogens (tertiary/aromatic N) is 2. The predicted octanol–water partition coefficient (Wildman–Crippen LogP) is 3.80. The molecule has 5 rings (SSSR count). The van der Waals surface area contributed by atoms with Crippen molar-refractivity contribution in [1.82, 2.24) is 9.80 Å². The molecule has 2 heterocycles. The Hall–Kier alpha value is -3.98. The molecular weight excluding hydrogens is 468 g/mol. The number of fused-ring (bicyclic) bond motifs is 2. The van der Waals surface area contributed by atoms with Gasteiger partial charge in [0.05, 0.1) is 30.9 Å². The fourth-order valence-electron chi connectivity index (χ4n) is 4.64. The lowest BCUT2D eigenvalue weighted by molar-refractivity contribution is -0.118. The summed E-state index contributed by atoms with van der Waals surface area (Å²) in [5, 5.41) is 2.85. The standard InChI is InChI=1S/C27H25F2N3O4/c1-35-24-5-3-2-4-21(24)27(34)32-11-10-31-15-26(33)30-23-12-17(20-8-7-18(28)13-22(20)29)6-9-25(23)36-16-19(31)14-32/h2-9,12-13,19H,10-11,14-16H2,1H3,(H,30,33)/t19-/m1/s1. The van der Waals surface area contributed by atoms with E-state index in [1.807, 2.05) is 11.0 Å². The summed E-state index contributed by atoms with van der Waals surface area (Å²) in [6.07, 6.45) is 0. The van der Waals surface area contributed by atoms with Crippen molar-refractivity contribution in [1.29, 1.82) is 0 Å². The second-order valence-electron chi connectivity index (χ2n) is 8.77. The van der Waals surface area contributed by atoms with E-state index in [1.165, 1.54) is 19.2 Å². The number of amides is 2. The summed E-state index contributed by atoms with van der Waals surface area (Å²) < 4.78 is 39.1. The van der Waals surface area contributed by atoms with Crippen molar-refractivity contribution in [2.45, 2.75) is 6.04 Å². The summed E-state index contributed by atoms with van der Waals surface area (Å²) in [7, 11) is 1.53. The number of methoxy groups -OCH3 is 1. The molecule has 2 aliphatic heterocycles. The molecule has 2 amide bonds. The molecule has 0 aliphatic carbocycles. The first-order valence-corrected chi connectivity index (χ1v) is 11.6. The molecule has 1 fully saturated rings. The van der Waals surface area contributed by atoms with E-state index >= 15 is 0 Å². The van der Waals surface area contributed by atoms with Crippen LogP contribution >= 0.6 is 0 Å². The lowest BCUT2D eigenvalue weighted by atomic mass is 10.0. The fraction of sp³-hybridized carbons (Fsp3) is 0.259. The smallest absolute Gasteiger partial charge is 0.257 e. The molecule has 3 aromatic carbocycles. The third-order valence-corrected chi connectivity index (χ3v) is 6.50. The number of carbonyl (C=O) groups is 2. The van der Waals surface area contributed by atoms with Gasteiger partial charge >= 0.3 is 0 Å². The highest BCUT2D eigenvalue weighted by molar-refractivity contribution is 5.97. The average molecular weight is 494 g/mol. The average Bonchev–Trinajstić information content (AvgIpc) is 2.94. The number of nitrogens with one attached hydrogen (secondary N) is 1. The van der Waals surface area contributed by atoms with Crippen LogP contribution in [0.3, 0.4) is 0 Å². The molecule has 1 atom stereocenters. The van der Waals surface area contributed by atoms with Gasteiger partial charge in [-0.3, -0.25) is 14.5 Å². The first kappa shape index (κ1) is 23.7. The van der Waals surface area contributed by atoms with E-state index in [0.29, 0.717) is 47.9 Å². The molecule has 0 saturated carbocycles. The molecule has 0 spiro atoms. The summed E-state index contributed by atoms with van der Waals surface area (Å²) >= 11 is 0. The van der Waals surface area contributed by atoms with Gasteiger partial charge in [-0.2, -0.15) is 0 Å². The highest BCUT2D eigenvalue weighted by atomic mass is 19.1. The number of hydrogen-bond acceptors (Lipinski definition) is 5. The van der Waals surface area contributed by atoms with Gasteiger partial charge in [-0.25, -0.2) is 8.78 Å². The van der Waals surface area contributed by atoms with E-state index in [2.05, 4.69) is 5.32 Å². The predicted molar refractivity (Wildman–Crippen MR) is 130 cm³/mol. The van der Waals surface area contributed by atoms with Crippen LogP contribution < -0.4 is 14.8 Å². The van der Waals surface area contributed by atoms with Crippen LogP contribution in [-0.2, 0) is 4.79 Å². The van der Waals surface area contributed by atoms with Crippen LogP contribution in [0.2, 0.25) is 0 Å². The lowest BCUT2D eigenvalue weighted by Gasteiger charge is -2.40. The number of benzene rings is 3. The summed E-state index contributed by atoms with van der Waals surface area (Å²) in [4.78, 5) is 29.8. The van der Waals surface area contributed by atoms with Crippen LogP contribution in [0.15, 0.2) is 60.7 Å². The van der Waals surface area contributed by atoms with Gasteiger partial charge in [-0.05, 0) is 42.0 Å². The number of halogens is 2. The van der Waals surface area contributed by atoms with Crippen molar-refractivity contribution in [3.63, 3.8) is 0 Å². The maximum absolute atomic E-state index is 14.3. The van der Waals surface area contributed by atoms with Gasteiger partial charge in [0.25, 0.3) is 5.91 Å². The van der Waals surface area contributed by atoms with Crippen LogP contribution in [0.25, 0.3) is 11.1 Å². The molecule has 186 valence electrons. The molecular formula is C27H25F2N3O4. The van der Waals surface area contributed by atoms with Crippen molar-refractivity contribution >= 4 is 17.5 Å². The summed E-state index contributed by atoms with van der Waals surface area (Å²) in [5.41, 5.74) is 1.60. The quantitative estimate of drug-likeness (QED) is 0.601. The van der Waals surface area contributed by atoms with E-state index in [-0.39, 0.29) is 36.6 Å². The summed E-state index contributed by atoms with van der Waals surface area (Å²) in [6, 6.07) is 15.2. The van der Waals surface area contributed by atoms with E-state index < -0.39 is 11.6 Å². The summed E-state index contributed by atoms with van der Waals surface area (Å²) in [6.45, 7) is 1.73. The van der Waals surface area contributed by atoms with E-state index in [4.69, 9.17) is 9.47 Å². The largest absolute Gasteiger partial charge is 0.496 e. The number of rotatable bonds is 3. The van der Waals surface area contributed by atoms with Gasteiger partial charge < -0.3 is 19.7 Å². The zero-order chi connectivity index (χ0) is 25.2. The van der Waals surface area contributed by atoms with Crippen molar-refractivity contribution in [3.8, 4) is 22.6 Å². The fourth-order valence-corrected chi connectivity index (χ4v) is 4.64. The van der Waals surface area contributed by atoms with E-state index in [1.54, 1.807) is 41.3 Å². The molecule has 36 heavy (non-hydrogen) atoms. The zero-order valence-corrected chi connectivity index (χ0v) is 19.7. The Morgan fingerprint density at radius 1 is 1.08 bits per heavy atom.